The lowest BCUT2D eigenvalue weighted by Gasteiger charge is -2.20. The van der Waals surface area contributed by atoms with Crippen LogP contribution < -0.4 is 4.74 Å². The van der Waals surface area contributed by atoms with E-state index < -0.39 is 0 Å². The summed E-state index contributed by atoms with van der Waals surface area (Å²) in [7, 11) is 4.20. The standard InChI is InChI=1S/C23H30N2O2.CH2O2/c1-18(24(2)3)21-10-6-19(7-11-21)16-20-8-12-22(13-9-20)27-17-23(26)25-14-4-5-15-25;2-1-3/h6-13,18H,4-5,14-17H2,1-3H3;1H,(H,2,3). The first-order valence-corrected chi connectivity index (χ1v) is 10.3. The maximum Gasteiger partial charge on any atom is 0.290 e. The van der Waals surface area contributed by atoms with E-state index in [1.165, 1.54) is 16.7 Å². The van der Waals surface area contributed by atoms with E-state index in [9.17, 15) is 4.79 Å². The van der Waals surface area contributed by atoms with Crippen LogP contribution in [0.25, 0.3) is 0 Å². The topological polar surface area (TPSA) is 70.1 Å². The van der Waals surface area contributed by atoms with E-state index in [1.54, 1.807) is 0 Å². The SMILES string of the molecule is CC(c1ccc(Cc2ccc(OCC(=O)N3CCCC3)cc2)cc1)N(C)C.O=CO. The van der Waals surface area contributed by atoms with Gasteiger partial charge in [0.25, 0.3) is 12.4 Å². The molecule has 1 unspecified atom stereocenters. The third-order valence-corrected chi connectivity index (χ3v) is 5.39. The molecule has 6 heteroatoms. The van der Waals surface area contributed by atoms with Crippen LogP contribution in [-0.4, -0.2) is 61.1 Å². The van der Waals surface area contributed by atoms with Crippen LogP contribution in [0.2, 0.25) is 0 Å². The zero-order chi connectivity index (χ0) is 21.9. The Bertz CT molecular complexity index is 782. The van der Waals surface area contributed by atoms with E-state index in [4.69, 9.17) is 14.6 Å². The van der Waals surface area contributed by atoms with Gasteiger partial charge in [0.15, 0.2) is 6.61 Å². The molecule has 1 amide bonds. The van der Waals surface area contributed by atoms with E-state index in [2.05, 4.69) is 62.3 Å². The second-order valence-electron chi connectivity index (χ2n) is 7.68. The Kier molecular flexibility index (Phi) is 9.35. The molecule has 1 saturated heterocycles. The predicted molar refractivity (Wildman–Crippen MR) is 118 cm³/mol. The van der Waals surface area contributed by atoms with Crippen molar-refractivity contribution in [2.45, 2.75) is 32.2 Å². The number of rotatable bonds is 7. The Morgan fingerprint density at radius 3 is 2.07 bits per heavy atom. The van der Waals surface area contributed by atoms with Crippen molar-refractivity contribution in [2.75, 3.05) is 33.8 Å². The molecule has 0 saturated carbocycles. The second kappa shape index (κ2) is 12.0. The van der Waals surface area contributed by atoms with Gasteiger partial charge in [-0.3, -0.25) is 9.59 Å². The van der Waals surface area contributed by atoms with Crippen molar-refractivity contribution >= 4 is 12.4 Å². The Balaban J connectivity index is 0.00000101. The van der Waals surface area contributed by atoms with Crippen molar-refractivity contribution in [1.29, 1.82) is 0 Å². The molecule has 1 atom stereocenters. The lowest BCUT2D eigenvalue weighted by Crippen LogP contribution is -2.32. The van der Waals surface area contributed by atoms with Gasteiger partial charge in [-0.15, -0.1) is 0 Å². The van der Waals surface area contributed by atoms with Crippen LogP contribution in [0.3, 0.4) is 0 Å². The van der Waals surface area contributed by atoms with Crippen LogP contribution in [0.15, 0.2) is 48.5 Å². The lowest BCUT2D eigenvalue weighted by molar-refractivity contribution is -0.132. The molecule has 0 aromatic heterocycles. The molecule has 1 N–H and O–H groups in total. The minimum atomic E-state index is -0.250. The first-order chi connectivity index (χ1) is 14.4. The van der Waals surface area contributed by atoms with E-state index in [1.807, 2.05) is 17.0 Å². The highest BCUT2D eigenvalue weighted by atomic mass is 16.5. The maximum absolute atomic E-state index is 12.0. The van der Waals surface area contributed by atoms with E-state index in [-0.39, 0.29) is 19.0 Å². The number of carbonyl (C=O) groups excluding carboxylic acids is 1. The zero-order valence-corrected chi connectivity index (χ0v) is 18.1. The highest BCUT2D eigenvalue weighted by Gasteiger charge is 2.18. The molecule has 0 aliphatic carbocycles. The largest absolute Gasteiger partial charge is 0.484 e. The maximum atomic E-state index is 12.0. The molecular weight excluding hydrogens is 380 g/mol. The molecule has 6 nitrogen and oxygen atoms in total. The molecule has 30 heavy (non-hydrogen) atoms. The molecule has 3 rings (SSSR count). The van der Waals surface area contributed by atoms with Crippen molar-refractivity contribution in [2.24, 2.45) is 0 Å². The van der Waals surface area contributed by atoms with Crippen LogP contribution in [0.1, 0.15) is 42.5 Å². The summed E-state index contributed by atoms with van der Waals surface area (Å²) >= 11 is 0. The van der Waals surface area contributed by atoms with Gasteiger partial charge in [-0.1, -0.05) is 36.4 Å². The minimum Gasteiger partial charge on any atom is -0.484 e. The number of benzene rings is 2. The van der Waals surface area contributed by atoms with Gasteiger partial charge >= 0.3 is 0 Å². The number of hydrogen-bond donors (Lipinski definition) is 1. The Hall–Kier alpha value is -2.86. The third kappa shape index (κ3) is 7.19. The predicted octanol–water partition coefficient (Wildman–Crippen LogP) is 3.60. The van der Waals surface area contributed by atoms with Crippen LogP contribution >= 0.6 is 0 Å². The average molecular weight is 413 g/mol. The Morgan fingerprint density at radius 2 is 1.57 bits per heavy atom. The summed E-state index contributed by atoms with van der Waals surface area (Å²) in [5.41, 5.74) is 3.86. The Morgan fingerprint density at radius 1 is 1.07 bits per heavy atom. The van der Waals surface area contributed by atoms with Crippen LogP contribution in [0, 0.1) is 0 Å². The zero-order valence-electron chi connectivity index (χ0n) is 18.1. The quantitative estimate of drug-likeness (QED) is 0.704. The molecule has 1 fully saturated rings. The lowest BCUT2D eigenvalue weighted by atomic mass is 10.0. The smallest absolute Gasteiger partial charge is 0.290 e. The third-order valence-electron chi connectivity index (χ3n) is 5.39. The molecule has 162 valence electrons. The minimum absolute atomic E-state index is 0.0867. The molecule has 1 heterocycles. The van der Waals surface area contributed by atoms with Crippen molar-refractivity contribution in [3.63, 3.8) is 0 Å². The number of ether oxygens (including phenoxy) is 1. The van der Waals surface area contributed by atoms with E-state index >= 15 is 0 Å². The van der Waals surface area contributed by atoms with Crippen molar-refractivity contribution in [3.05, 3.63) is 65.2 Å². The second-order valence-corrected chi connectivity index (χ2v) is 7.68. The molecule has 1 aliphatic heterocycles. The van der Waals surface area contributed by atoms with Gasteiger partial charge in [0.2, 0.25) is 0 Å². The molecular formula is C24H32N2O4. The number of carboxylic acid groups (broad SMARTS) is 1. The van der Waals surface area contributed by atoms with Gasteiger partial charge < -0.3 is 19.6 Å². The van der Waals surface area contributed by atoms with Gasteiger partial charge in [0, 0.05) is 19.1 Å². The fourth-order valence-corrected chi connectivity index (χ4v) is 3.35. The summed E-state index contributed by atoms with van der Waals surface area (Å²) in [5.74, 6) is 0.838. The van der Waals surface area contributed by atoms with Gasteiger partial charge in [-0.25, -0.2) is 0 Å². The molecule has 0 spiro atoms. The molecule has 2 aromatic carbocycles. The number of nitrogens with zero attached hydrogens (tertiary/aromatic N) is 2. The fraction of sp³-hybridized carbons (Fsp3) is 0.417. The van der Waals surface area contributed by atoms with Crippen molar-refractivity contribution in [3.8, 4) is 5.75 Å². The van der Waals surface area contributed by atoms with Gasteiger partial charge in [-0.2, -0.15) is 0 Å². The number of hydrogen-bond acceptors (Lipinski definition) is 4. The highest BCUT2D eigenvalue weighted by molar-refractivity contribution is 5.78. The highest BCUT2D eigenvalue weighted by Crippen LogP contribution is 2.20. The van der Waals surface area contributed by atoms with Gasteiger partial charge in [0.1, 0.15) is 5.75 Å². The van der Waals surface area contributed by atoms with Crippen LogP contribution in [0.4, 0.5) is 0 Å². The first-order valence-electron chi connectivity index (χ1n) is 10.3. The van der Waals surface area contributed by atoms with Gasteiger partial charge in [0.05, 0.1) is 0 Å². The molecule has 1 aliphatic rings. The summed E-state index contributed by atoms with van der Waals surface area (Å²) in [4.78, 5) is 24.5. The van der Waals surface area contributed by atoms with Crippen LogP contribution in [0.5, 0.6) is 5.75 Å². The Labute approximate surface area is 179 Å². The van der Waals surface area contributed by atoms with Crippen LogP contribution in [-0.2, 0) is 16.0 Å². The number of likely N-dealkylation sites (tertiary alicyclic amines) is 1. The van der Waals surface area contributed by atoms with Crippen molar-refractivity contribution < 1.29 is 19.4 Å². The first kappa shape index (κ1) is 23.4. The number of carbonyl (C=O) groups is 2. The monoisotopic (exact) mass is 412 g/mol. The van der Waals surface area contributed by atoms with E-state index in [0.717, 1.165) is 38.1 Å². The van der Waals surface area contributed by atoms with Crippen molar-refractivity contribution in [1.82, 2.24) is 9.80 Å². The van der Waals surface area contributed by atoms with E-state index in [0.29, 0.717) is 6.04 Å². The van der Waals surface area contributed by atoms with Gasteiger partial charge in [-0.05, 0) is 69.1 Å². The molecule has 2 aromatic rings. The normalized spacial score (nSPS) is 14.1. The fourth-order valence-electron chi connectivity index (χ4n) is 3.35. The molecule has 0 radical (unpaired) electrons. The summed E-state index contributed by atoms with van der Waals surface area (Å²) in [6, 6.07) is 17.3. The summed E-state index contributed by atoms with van der Waals surface area (Å²) in [6.45, 7) is 3.83. The molecule has 0 bridgehead atoms. The summed E-state index contributed by atoms with van der Waals surface area (Å²) in [5, 5.41) is 6.89. The average Bonchev–Trinajstić information content (AvgIpc) is 3.29. The summed E-state index contributed by atoms with van der Waals surface area (Å²) in [6.07, 6.45) is 3.11. The number of amides is 1. The summed E-state index contributed by atoms with van der Waals surface area (Å²) < 4.78 is 5.65.